The molecule has 0 spiro atoms. The molecule has 9 heteroatoms. The van der Waals surface area contributed by atoms with E-state index in [1.165, 1.54) is 6.20 Å². The molecule has 1 amide bonds. The van der Waals surface area contributed by atoms with Gasteiger partial charge < -0.3 is 4.90 Å². The van der Waals surface area contributed by atoms with Crippen LogP contribution < -0.4 is 9.62 Å². The molecule has 2 aromatic rings. The Labute approximate surface area is 149 Å². The van der Waals surface area contributed by atoms with Gasteiger partial charge >= 0.3 is 0 Å². The van der Waals surface area contributed by atoms with E-state index in [1.807, 2.05) is 0 Å². The van der Waals surface area contributed by atoms with Crippen LogP contribution in [-0.4, -0.2) is 25.9 Å². The molecule has 0 aliphatic carbocycles. The smallest absolute Gasteiger partial charge is 0.240 e. The normalized spacial score (nSPS) is 15.0. The highest BCUT2D eigenvalue weighted by Crippen LogP contribution is 2.22. The van der Waals surface area contributed by atoms with E-state index in [1.54, 1.807) is 17.2 Å². The van der Waals surface area contributed by atoms with Crippen molar-refractivity contribution in [3.63, 3.8) is 0 Å². The fraction of sp³-hybridized carbons (Fsp3) is 0.250. The zero-order chi connectivity index (χ0) is 18.0. The van der Waals surface area contributed by atoms with Gasteiger partial charge in [-0.15, -0.1) is 0 Å². The highest BCUT2D eigenvalue weighted by atomic mass is 35.5. The first kappa shape index (κ1) is 17.8. The summed E-state index contributed by atoms with van der Waals surface area (Å²) in [5.41, 5.74) is 1.25. The van der Waals surface area contributed by atoms with Crippen molar-refractivity contribution in [2.24, 2.45) is 0 Å². The topological polar surface area (TPSA) is 79.4 Å². The summed E-state index contributed by atoms with van der Waals surface area (Å²) >= 11 is 5.63. The zero-order valence-corrected chi connectivity index (χ0v) is 14.6. The number of nitrogens with zero attached hydrogens (tertiary/aromatic N) is 2. The SMILES string of the molecule is O=C1CCCN1c1cncc(CNS(=O)(=O)c2ccc(F)c(Cl)c2)c1. The Kier molecular flexibility index (Phi) is 5.03. The molecule has 25 heavy (non-hydrogen) atoms. The molecule has 0 radical (unpaired) electrons. The van der Waals surface area contributed by atoms with Crippen molar-refractivity contribution >= 4 is 33.2 Å². The van der Waals surface area contributed by atoms with Crippen molar-refractivity contribution in [1.29, 1.82) is 0 Å². The maximum atomic E-state index is 13.2. The molecule has 0 bridgehead atoms. The summed E-state index contributed by atoms with van der Waals surface area (Å²) in [6.45, 7) is 0.615. The molecule has 6 nitrogen and oxygen atoms in total. The van der Waals surface area contributed by atoms with Crippen LogP contribution >= 0.6 is 11.6 Å². The first-order chi connectivity index (χ1) is 11.9. The van der Waals surface area contributed by atoms with Crippen LogP contribution in [0.15, 0.2) is 41.6 Å². The second-order valence-corrected chi connectivity index (χ2v) is 7.77. The van der Waals surface area contributed by atoms with E-state index >= 15 is 0 Å². The molecule has 1 aromatic heterocycles. The summed E-state index contributed by atoms with van der Waals surface area (Å²) < 4.78 is 40.2. The van der Waals surface area contributed by atoms with E-state index in [9.17, 15) is 17.6 Å². The lowest BCUT2D eigenvalue weighted by Gasteiger charge is -2.16. The van der Waals surface area contributed by atoms with Crippen LogP contribution in [0.3, 0.4) is 0 Å². The fourth-order valence-corrected chi connectivity index (χ4v) is 3.83. The van der Waals surface area contributed by atoms with Gasteiger partial charge in [-0.3, -0.25) is 9.78 Å². The fourth-order valence-electron chi connectivity index (χ4n) is 2.54. The number of nitrogens with one attached hydrogen (secondary N) is 1. The molecule has 1 saturated heterocycles. The summed E-state index contributed by atoms with van der Waals surface area (Å²) in [6.07, 6.45) is 4.38. The van der Waals surface area contributed by atoms with Gasteiger partial charge in [0.15, 0.2) is 0 Å². The van der Waals surface area contributed by atoms with Gasteiger partial charge in [0, 0.05) is 25.7 Å². The summed E-state index contributed by atoms with van der Waals surface area (Å²) in [5, 5.41) is -0.265. The Balaban J connectivity index is 1.74. The van der Waals surface area contributed by atoms with Crippen LogP contribution in [0.25, 0.3) is 0 Å². The van der Waals surface area contributed by atoms with Crippen LogP contribution in [0.5, 0.6) is 0 Å². The van der Waals surface area contributed by atoms with Crippen molar-refractivity contribution in [2.45, 2.75) is 24.3 Å². The minimum Gasteiger partial charge on any atom is -0.311 e. The van der Waals surface area contributed by atoms with Crippen molar-refractivity contribution in [3.8, 4) is 0 Å². The Hall–Kier alpha value is -2.03. The van der Waals surface area contributed by atoms with Gasteiger partial charge in [0.1, 0.15) is 5.82 Å². The standard InChI is InChI=1S/C16H15ClFN3O3S/c17-14-7-13(3-4-15(14)18)25(23,24)20-9-11-6-12(10-19-8-11)21-5-1-2-16(21)22/h3-4,6-8,10,20H,1-2,5,9H2. The van der Waals surface area contributed by atoms with E-state index in [2.05, 4.69) is 9.71 Å². The Morgan fingerprint density at radius 1 is 1.28 bits per heavy atom. The van der Waals surface area contributed by atoms with Crippen LogP contribution in [-0.2, 0) is 21.4 Å². The first-order valence-electron chi connectivity index (χ1n) is 7.56. The number of aromatic nitrogens is 1. The Morgan fingerprint density at radius 3 is 2.76 bits per heavy atom. The second-order valence-electron chi connectivity index (χ2n) is 5.60. The molecule has 3 rings (SSSR count). The number of anilines is 1. The van der Waals surface area contributed by atoms with Crippen molar-refractivity contribution in [2.75, 3.05) is 11.4 Å². The largest absolute Gasteiger partial charge is 0.311 e. The molecule has 1 N–H and O–H groups in total. The number of carbonyl (C=O) groups is 1. The van der Waals surface area contributed by atoms with Gasteiger partial charge in [-0.25, -0.2) is 17.5 Å². The second kappa shape index (κ2) is 7.07. The van der Waals surface area contributed by atoms with Gasteiger partial charge in [-0.2, -0.15) is 0 Å². The number of rotatable bonds is 5. The number of hydrogen-bond donors (Lipinski definition) is 1. The van der Waals surface area contributed by atoms with Crippen molar-refractivity contribution in [1.82, 2.24) is 9.71 Å². The lowest BCUT2D eigenvalue weighted by molar-refractivity contribution is -0.117. The highest BCUT2D eigenvalue weighted by Gasteiger charge is 2.22. The lowest BCUT2D eigenvalue weighted by atomic mass is 10.2. The molecule has 0 unspecified atom stereocenters. The number of amides is 1. The van der Waals surface area contributed by atoms with E-state index in [0.29, 0.717) is 24.2 Å². The van der Waals surface area contributed by atoms with E-state index < -0.39 is 15.8 Å². The van der Waals surface area contributed by atoms with Gasteiger partial charge in [-0.05, 0) is 36.2 Å². The number of halogens is 2. The number of hydrogen-bond acceptors (Lipinski definition) is 4. The maximum absolute atomic E-state index is 13.2. The Morgan fingerprint density at radius 2 is 2.08 bits per heavy atom. The van der Waals surface area contributed by atoms with Crippen LogP contribution in [0.1, 0.15) is 18.4 Å². The predicted molar refractivity (Wildman–Crippen MR) is 91.3 cm³/mol. The third kappa shape index (κ3) is 3.97. The molecular formula is C16H15ClFN3O3S. The lowest BCUT2D eigenvalue weighted by Crippen LogP contribution is -2.25. The molecule has 2 heterocycles. The van der Waals surface area contributed by atoms with E-state index in [0.717, 1.165) is 24.6 Å². The number of benzene rings is 1. The molecule has 0 atom stereocenters. The van der Waals surface area contributed by atoms with Crippen molar-refractivity contribution < 1.29 is 17.6 Å². The molecule has 1 fully saturated rings. The number of sulfonamides is 1. The van der Waals surface area contributed by atoms with Crippen LogP contribution in [0.4, 0.5) is 10.1 Å². The molecule has 1 aliphatic heterocycles. The monoisotopic (exact) mass is 383 g/mol. The van der Waals surface area contributed by atoms with Crippen molar-refractivity contribution in [3.05, 3.63) is 53.1 Å². The molecular weight excluding hydrogens is 369 g/mol. The average molecular weight is 384 g/mol. The summed E-state index contributed by atoms with van der Waals surface area (Å²) in [6, 6.07) is 4.91. The summed E-state index contributed by atoms with van der Waals surface area (Å²) in [7, 11) is -3.85. The summed E-state index contributed by atoms with van der Waals surface area (Å²) in [4.78, 5) is 17.4. The number of carbonyl (C=O) groups excluding carboxylic acids is 1. The minimum absolute atomic E-state index is 0.0137. The molecule has 1 aromatic carbocycles. The Bertz CT molecular complexity index is 921. The molecule has 1 aliphatic rings. The van der Waals surface area contributed by atoms with Crippen LogP contribution in [0, 0.1) is 5.82 Å². The first-order valence-corrected chi connectivity index (χ1v) is 9.42. The predicted octanol–water partition coefficient (Wildman–Crippen LogP) is 2.48. The van der Waals surface area contributed by atoms with Gasteiger partial charge in [0.05, 0.1) is 21.8 Å². The third-order valence-electron chi connectivity index (χ3n) is 3.83. The minimum atomic E-state index is -3.85. The average Bonchev–Trinajstić information content (AvgIpc) is 3.02. The van der Waals surface area contributed by atoms with Gasteiger partial charge in [0.2, 0.25) is 15.9 Å². The quantitative estimate of drug-likeness (QED) is 0.860. The number of pyridine rings is 1. The summed E-state index contributed by atoms with van der Waals surface area (Å²) in [5.74, 6) is -0.659. The maximum Gasteiger partial charge on any atom is 0.240 e. The van der Waals surface area contributed by atoms with Gasteiger partial charge in [-0.1, -0.05) is 11.6 Å². The van der Waals surface area contributed by atoms with E-state index in [-0.39, 0.29) is 22.4 Å². The highest BCUT2D eigenvalue weighted by molar-refractivity contribution is 7.89. The van der Waals surface area contributed by atoms with Crippen LogP contribution in [0.2, 0.25) is 5.02 Å². The zero-order valence-electron chi connectivity index (χ0n) is 13.1. The van der Waals surface area contributed by atoms with E-state index in [4.69, 9.17) is 11.6 Å². The van der Waals surface area contributed by atoms with Gasteiger partial charge in [0.25, 0.3) is 0 Å². The molecule has 0 saturated carbocycles. The third-order valence-corrected chi connectivity index (χ3v) is 5.52. The molecule has 132 valence electrons.